The zero-order valence-corrected chi connectivity index (χ0v) is 16.1. The Hall–Kier alpha value is 0.423. The Kier molecular flexibility index (Phi) is 10.7. The largest absolute Gasteiger partial charge is 4.00 e. The van der Waals surface area contributed by atoms with E-state index in [0.29, 0.717) is 0 Å². The quantitative estimate of drug-likeness (QED) is 0.540. The van der Waals surface area contributed by atoms with Gasteiger partial charge in [0.25, 0.3) is 0 Å². The Morgan fingerprint density at radius 1 is 0.737 bits per heavy atom. The maximum Gasteiger partial charge on any atom is 4.00 e. The Morgan fingerprint density at radius 2 is 1.05 bits per heavy atom. The Morgan fingerprint density at radius 3 is 1.26 bits per heavy atom. The van der Waals surface area contributed by atoms with Gasteiger partial charge < -0.3 is 24.8 Å². The third-order valence-electron chi connectivity index (χ3n) is 3.80. The average molecular weight is 374 g/mol. The maximum absolute atomic E-state index is 3.42. The number of hydrogen-bond acceptors (Lipinski definition) is 0. The van der Waals surface area contributed by atoms with Crippen molar-refractivity contribution in [2.24, 2.45) is 0 Å². The molecule has 0 radical (unpaired) electrons. The van der Waals surface area contributed by atoms with Gasteiger partial charge in [0.2, 0.25) is 0 Å². The van der Waals surface area contributed by atoms with Gasteiger partial charge in [0.05, 0.1) is 0 Å². The van der Waals surface area contributed by atoms with Gasteiger partial charge in [-0.05, 0) is 0 Å². The molecule has 0 aliphatic heterocycles. The van der Waals surface area contributed by atoms with Crippen LogP contribution in [0.25, 0.3) is 0 Å². The summed E-state index contributed by atoms with van der Waals surface area (Å²) in [6.45, 7) is 8.86. The van der Waals surface area contributed by atoms with Crippen molar-refractivity contribution in [2.75, 3.05) is 0 Å². The fourth-order valence-electron chi connectivity index (χ4n) is 2.65. The van der Waals surface area contributed by atoms with E-state index in [1.165, 1.54) is 35.1 Å². The molecule has 0 heterocycles. The van der Waals surface area contributed by atoms with Crippen LogP contribution in [-0.4, -0.2) is 0 Å². The molecule has 0 nitrogen and oxygen atoms in total. The van der Waals surface area contributed by atoms with E-state index < -0.39 is 0 Å². The number of rotatable bonds is 3. The van der Waals surface area contributed by atoms with Gasteiger partial charge in [0.15, 0.2) is 0 Å². The molecule has 0 spiro atoms. The van der Waals surface area contributed by atoms with E-state index in [4.69, 9.17) is 0 Å². The molecular weight excluding hydrogens is 354 g/mol. The van der Waals surface area contributed by atoms with Crippen LogP contribution in [0.5, 0.6) is 0 Å². The summed E-state index contributed by atoms with van der Waals surface area (Å²) >= 11 is 0. The van der Waals surface area contributed by atoms with Crippen LogP contribution in [0.15, 0.2) is 33.4 Å². The Labute approximate surface area is 149 Å². The third kappa shape index (κ3) is 5.03. The monoisotopic (exact) mass is 372 g/mol. The molecule has 0 aromatic heterocycles. The zero-order valence-electron chi connectivity index (χ0n) is 12.1. The summed E-state index contributed by atoms with van der Waals surface area (Å²) in [4.78, 5) is 0. The van der Waals surface area contributed by atoms with Crippen molar-refractivity contribution in [3.8, 4) is 0 Å². The predicted molar refractivity (Wildman–Crippen MR) is 68.7 cm³/mol. The molecule has 0 fully saturated rings. The van der Waals surface area contributed by atoms with Crippen LogP contribution in [0.1, 0.15) is 53.4 Å². The van der Waals surface area contributed by atoms with Crippen molar-refractivity contribution in [2.45, 2.75) is 53.4 Å². The van der Waals surface area contributed by atoms with Crippen LogP contribution in [0.3, 0.4) is 0 Å². The van der Waals surface area contributed by atoms with Crippen LogP contribution in [0.4, 0.5) is 0 Å². The molecule has 2 rings (SSSR count). The van der Waals surface area contributed by atoms with Crippen molar-refractivity contribution >= 4 is 0 Å². The van der Waals surface area contributed by atoms with Gasteiger partial charge in [-0.3, -0.25) is 12.2 Å². The van der Waals surface area contributed by atoms with Crippen molar-refractivity contribution in [1.82, 2.24) is 0 Å². The first kappa shape index (κ1) is 21.7. The van der Waals surface area contributed by atoms with Crippen LogP contribution in [0, 0.1) is 12.2 Å². The first-order valence-electron chi connectivity index (χ1n) is 6.12. The van der Waals surface area contributed by atoms with E-state index in [2.05, 4.69) is 39.8 Å². The molecule has 0 N–H and O–H groups in total. The summed E-state index contributed by atoms with van der Waals surface area (Å²) < 4.78 is 0. The zero-order chi connectivity index (χ0) is 11.7. The fraction of sp³-hybridized carbons (Fsp3) is 0.500. The van der Waals surface area contributed by atoms with Crippen molar-refractivity contribution in [1.29, 1.82) is 0 Å². The first-order valence-corrected chi connectivity index (χ1v) is 6.12. The summed E-state index contributed by atoms with van der Waals surface area (Å²) in [5.41, 5.74) is 8.86. The molecule has 0 unspecified atom stereocenters. The summed E-state index contributed by atoms with van der Waals surface area (Å²) in [6, 6.07) is 0. The van der Waals surface area contributed by atoms with Crippen LogP contribution < -0.4 is 24.8 Å². The van der Waals surface area contributed by atoms with E-state index in [9.17, 15) is 0 Å². The molecule has 0 aromatic carbocycles. The summed E-state index contributed by atoms with van der Waals surface area (Å²) in [5.74, 6) is 0. The second kappa shape index (κ2) is 9.38. The minimum atomic E-state index is 0. The SMILES string of the molecule is CC1=[C-]CC(C)=C1CCC1=C(C)C[C-]=C1C.[Cl-].[Cl-].[Zr+4]. The number of halogens is 2. The smallest absolute Gasteiger partial charge is 1.00 e. The molecule has 2 aliphatic rings. The van der Waals surface area contributed by atoms with Gasteiger partial charge in [-0.1, -0.05) is 27.7 Å². The molecule has 0 amide bonds. The molecule has 19 heavy (non-hydrogen) atoms. The van der Waals surface area contributed by atoms with E-state index in [1.54, 1.807) is 11.1 Å². The summed E-state index contributed by atoms with van der Waals surface area (Å²) in [7, 11) is 0. The first-order chi connectivity index (χ1) is 7.59. The molecule has 0 aromatic rings. The normalized spacial score (nSPS) is 17.5. The molecular formula is C16H20Cl2Zr. The van der Waals surface area contributed by atoms with Crippen LogP contribution in [-0.2, 0) is 26.2 Å². The van der Waals surface area contributed by atoms with Crippen molar-refractivity contribution in [3.05, 3.63) is 45.6 Å². The van der Waals surface area contributed by atoms with Gasteiger partial charge in [0, 0.05) is 0 Å². The van der Waals surface area contributed by atoms with Crippen LogP contribution >= 0.6 is 0 Å². The second-order valence-electron chi connectivity index (χ2n) is 4.97. The van der Waals surface area contributed by atoms with Crippen LogP contribution in [0.2, 0.25) is 0 Å². The third-order valence-corrected chi connectivity index (χ3v) is 3.80. The van der Waals surface area contributed by atoms with E-state index in [0.717, 1.165) is 12.8 Å². The van der Waals surface area contributed by atoms with E-state index in [-0.39, 0.29) is 51.0 Å². The predicted octanol–water partition coefficient (Wildman–Crippen LogP) is -1.29. The molecule has 0 atom stereocenters. The fourth-order valence-corrected chi connectivity index (χ4v) is 2.65. The maximum atomic E-state index is 3.42. The van der Waals surface area contributed by atoms with E-state index >= 15 is 0 Å². The second-order valence-corrected chi connectivity index (χ2v) is 4.97. The molecule has 0 bridgehead atoms. The Bertz CT molecular complexity index is 398. The standard InChI is InChI=1S/C16H20.2ClH.Zr/c1-11-5-6-12(2)15(11)9-10-16-13(3)7-8-14(16)4;;;/h5,7,9-10H2,1-4H3;2*1H;/q-2;;;+4/p-2. The van der Waals surface area contributed by atoms with Gasteiger partial charge in [0.1, 0.15) is 0 Å². The van der Waals surface area contributed by atoms with Gasteiger partial charge in [-0.15, -0.1) is 25.7 Å². The molecule has 3 heteroatoms. The molecule has 0 saturated carbocycles. The van der Waals surface area contributed by atoms with E-state index in [1.807, 2.05) is 0 Å². The van der Waals surface area contributed by atoms with Crippen molar-refractivity contribution in [3.63, 3.8) is 0 Å². The van der Waals surface area contributed by atoms with Gasteiger partial charge in [-0.25, -0.2) is 11.1 Å². The van der Waals surface area contributed by atoms with Crippen molar-refractivity contribution < 1.29 is 51.0 Å². The molecule has 0 saturated heterocycles. The molecule has 102 valence electrons. The minimum Gasteiger partial charge on any atom is -1.00 e. The minimum absolute atomic E-state index is 0. The number of hydrogen-bond donors (Lipinski definition) is 0. The average Bonchev–Trinajstić information content (AvgIpc) is 2.72. The topological polar surface area (TPSA) is 0 Å². The van der Waals surface area contributed by atoms with Gasteiger partial charge >= 0.3 is 26.2 Å². The molecule has 2 aliphatic carbocycles. The summed E-state index contributed by atoms with van der Waals surface area (Å²) in [6.07, 6.45) is 11.3. The Balaban J connectivity index is 0. The number of allylic oxidation sites excluding steroid dienone is 8. The summed E-state index contributed by atoms with van der Waals surface area (Å²) in [5, 5.41) is 0. The van der Waals surface area contributed by atoms with Gasteiger partial charge in [-0.2, -0.15) is 22.3 Å².